The predicted octanol–water partition coefficient (Wildman–Crippen LogP) is 3.00. The Morgan fingerprint density at radius 2 is 2.18 bits per heavy atom. The molecule has 0 aliphatic carbocycles. The Morgan fingerprint density at radius 1 is 1.35 bits per heavy atom. The fourth-order valence-electron chi connectivity index (χ4n) is 2.61. The summed E-state index contributed by atoms with van der Waals surface area (Å²) in [4.78, 5) is 3.90. The van der Waals surface area contributed by atoms with Gasteiger partial charge in [-0.1, -0.05) is 18.2 Å². The summed E-state index contributed by atoms with van der Waals surface area (Å²) in [7, 11) is 2.21. The van der Waals surface area contributed by atoms with Gasteiger partial charge in [0.1, 0.15) is 0 Å². The quantitative estimate of drug-likeness (QED) is 0.838. The van der Waals surface area contributed by atoms with Crippen LogP contribution in [0, 0.1) is 0 Å². The summed E-state index contributed by atoms with van der Waals surface area (Å²) < 4.78 is 1.38. The lowest BCUT2D eigenvalue weighted by Gasteiger charge is -2.35. The Bertz CT molecular complexity index is 487. The third-order valence-electron chi connectivity index (χ3n) is 3.68. The van der Waals surface area contributed by atoms with Crippen LogP contribution in [0.3, 0.4) is 0 Å². The molecule has 0 saturated carbocycles. The van der Waals surface area contributed by atoms with E-state index in [0.29, 0.717) is 12.1 Å². The molecule has 2 unspecified atom stereocenters. The van der Waals surface area contributed by atoms with Crippen LogP contribution >= 0.6 is 11.3 Å². The minimum atomic E-state index is 0.362. The van der Waals surface area contributed by atoms with Crippen LogP contribution in [0.5, 0.6) is 0 Å². The van der Waals surface area contributed by atoms with Crippen molar-refractivity contribution in [3.8, 4) is 0 Å². The molecule has 0 bridgehead atoms. The topological polar surface area (TPSA) is 29.3 Å². The maximum atomic E-state index is 6.10. The Hall–Kier alpha value is -0.900. The smallest absolute Gasteiger partial charge is 0.0453 e. The summed E-state index contributed by atoms with van der Waals surface area (Å²) in [5, 5.41) is 1.36. The Labute approximate surface area is 106 Å². The van der Waals surface area contributed by atoms with Gasteiger partial charge < -0.3 is 5.73 Å². The summed E-state index contributed by atoms with van der Waals surface area (Å²) in [6.45, 7) is 1.11. The van der Waals surface area contributed by atoms with Crippen molar-refractivity contribution in [1.29, 1.82) is 0 Å². The second kappa shape index (κ2) is 4.41. The second-order valence-corrected chi connectivity index (χ2v) is 6.08. The summed E-state index contributed by atoms with van der Waals surface area (Å²) >= 11 is 1.91. The standard InChI is InChI=1S/C14H18N2S/c1-16-7-6-11(15)9-12(16)14-8-10-4-2-3-5-13(10)17-14/h2-5,8,11-12H,6-7,9,15H2,1H3. The van der Waals surface area contributed by atoms with Gasteiger partial charge in [-0.25, -0.2) is 0 Å². The van der Waals surface area contributed by atoms with Gasteiger partial charge >= 0.3 is 0 Å². The fraction of sp³-hybridized carbons (Fsp3) is 0.429. The van der Waals surface area contributed by atoms with Gasteiger partial charge in [-0.3, -0.25) is 4.90 Å². The molecule has 90 valence electrons. The van der Waals surface area contributed by atoms with E-state index < -0.39 is 0 Å². The van der Waals surface area contributed by atoms with Crippen molar-refractivity contribution in [3.05, 3.63) is 35.2 Å². The zero-order valence-electron chi connectivity index (χ0n) is 10.1. The molecule has 2 nitrogen and oxygen atoms in total. The number of rotatable bonds is 1. The maximum Gasteiger partial charge on any atom is 0.0453 e. The number of hydrogen-bond donors (Lipinski definition) is 1. The van der Waals surface area contributed by atoms with Gasteiger partial charge in [0.15, 0.2) is 0 Å². The molecule has 2 N–H and O–H groups in total. The van der Waals surface area contributed by atoms with E-state index in [1.165, 1.54) is 15.0 Å². The van der Waals surface area contributed by atoms with E-state index in [1.807, 2.05) is 11.3 Å². The van der Waals surface area contributed by atoms with Crippen LogP contribution in [0.15, 0.2) is 30.3 Å². The SMILES string of the molecule is CN1CCC(N)CC1c1cc2ccccc2s1. The fourth-order valence-corrected chi connectivity index (χ4v) is 3.85. The molecule has 0 spiro atoms. The lowest BCUT2D eigenvalue weighted by atomic mass is 9.97. The van der Waals surface area contributed by atoms with Gasteiger partial charge in [0.05, 0.1) is 0 Å². The minimum Gasteiger partial charge on any atom is -0.328 e. The van der Waals surface area contributed by atoms with Crippen LogP contribution in [0.25, 0.3) is 10.1 Å². The number of hydrogen-bond acceptors (Lipinski definition) is 3. The molecular weight excluding hydrogens is 228 g/mol. The molecule has 3 heteroatoms. The molecular formula is C14H18N2S. The van der Waals surface area contributed by atoms with E-state index >= 15 is 0 Å². The Balaban J connectivity index is 1.96. The lowest BCUT2D eigenvalue weighted by Crippen LogP contribution is -2.39. The Morgan fingerprint density at radius 3 is 3.00 bits per heavy atom. The average Bonchev–Trinajstić information content (AvgIpc) is 2.75. The van der Waals surface area contributed by atoms with Crippen molar-refractivity contribution in [2.75, 3.05) is 13.6 Å². The Kier molecular flexibility index (Phi) is 2.90. The molecule has 1 aliphatic heterocycles. The number of thiophene rings is 1. The zero-order chi connectivity index (χ0) is 11.8. The second-order valence-electron chi connectivity index (χ2n) is 4.97. The highest BCUT2D eigenvalue weighted by Gasteiger charge is 2.26. The number of likely N-dealkylation sites (tertiary alicyclic amines) is 1. The van der Waals surface area contributed by atoms with Crippen LogP contribution in [0.1, 0.15) is 23.8 Å². The number of piperidine rings is 1. The van der Waals surface area contributed by atoms with Crippen LogP contribution in [0.2, 0.25) is 0 Å². The molecule has 1 aliphatic rings. The van der Waals surface area contributed by atoms with Crippen LogP contribution in [0.4, 0.5) is 0 Å². The van der Waals surface area contributed by atoms with Crippen molar-refractivity contribution in [3.63, 3.8) is 0 Å². The maximum absolute atomic E-state index is 6.10. The van der Waals surface area contributed by atoms with E-state index in [9.17, 15) is 0 Å². The van der Waals surface area contributed by atoms with Gasteiger partial charge in [0, 0.05) is 21.7 Å². The molecule has 1 fully saturated rings. The summed E-state index contributed by atoms with van der Waals surface area (Å²) in [5.41, 5.74) is 6.10. The van der Waals surface area contributed by atoms with Crippen LogP contribution in [-0.2, 0) is 0 Å². The molecule has 2 atom stereocenters. The van der Waals surface area contributed by atoms with Crippen LogP contribution in [-0.4, -0.2) is 24.5 Å². The molecule has 2 heterocycles. The van der Waals surface area contributed by atoms with Crippen molar-refractivity contribution in [1.82, 2.24) is 4.90 Å². The summed E-state index contributed by atoms with van der Waals surface area (Å²) in [6, 6.07) is 11.8. The number of nitrogens with zero attached hydrogens (tertiary/aromatic N) is 1. The van der Waals surface area contributed by atoms with Gasteiger partial charge in [0.25, 0.3) is 0 Å². The van der Waals surface area contributed by atoms with Crippen molar-refractivity contribution in [2.45, 2.75) is 24.9 Å². The van der Waals surface area contributed by atoms with E-state index in [-0.39, 0.29) is 0 Å². The summed E-state index contributed by atoms with van der Waals surface area (Å²) in [5.74, 6) is 0. The van der Waals surface area contributed by atoms with E-state index in [2.05, 4.69) is 42.3 Å². The van der Waals surface area contributed by atoms with E-state index in [0.717, 1.165) is 19.4 Å². The highest BCUT2D eigenvalue weighted by Crippen LogP contribution is 2.36. The first-order valence-electron chi connectivity index (χ1n) is 6.18. The van der Waals surface area contributed by atoms with Gasteiger partial charge in [0.2, 0.25) is 0 Å². The first-order valence-corrected chi connectivity index (χ1v) is 7.00. The molecule has 0 radical (unpaired) electrons. The van der Waals surface area contributed by atoms with Gasteiger partial charge in [-0.2, -0.15) is 0 Å². The van der Waals surface area contributed by atoms with Crippen molar-refractivity contribution >= 4 is 21.4 Å². The third kappa shape index (κ3) is 2.10. The van der Waals surface area contributed by atoms with Gasteiger partial charge in [-0.15, -0.1) is 11.3 Å². The monoisotopic (exact) mass is 246 g/mol. The average molecular weight is 246 g/mol. The minimum absolute atomic E-state index is 0.362. The molecule has 1 aromatic carbocycles. The first-order chi connectivity index (χ1) is 8.24. The molecule has 1 aromatic heterocycles. The van der Waals surface area contributed by atoms with Crippen molar-refractivity contribution in [2.24, 2.45) is 5.73 Å². The largest absolute Gasteiger partial charge is 0.328 e. The van der Waals surface area contributed by atoms with Crippen LogP contribution < -0.4 is 5.73 Å². The highest BCUT2D eigenvalue weighted by molar-refractivity contribution is 7.19. The zero-order valence-corrected chi connectivity index (χ0v) is 10.9. The molecule has 3 rings (SSSR count). The van der Waals surface area contributed by atoms with Crippen molar-refractivity contribution < 1.29 is 0 Å². The first kappa shape index (κ1) is 11.2. The lowest BCUT2D eigenvalue weighted by molar-refractivity contribution is 0.174. The summed E-state index contributed by atoms with van der Waals surface area (Å²) in [6.07, 6.45) is 2.21. The third-order valence-corrected chi connectivity index (χ3v) is 4.90. The molecule has 1 saturated heterocycles. The number of nitrogens with two attached hydrogens (primary N) is 1. The predicted molar refractivity (Wildman–Crippen MR) is 74.4 cm³/mol. The number of fused-ring (bicyclic) bond motifs is 1. The van der Waals surface area contributed by atoms with E-state index in [4.69, 9.17) is 5.73 Å². The normalized spacial score (nSPS) is 26.5. The van der Waals surface area contributed by atoms with E-state index in [1.54, 1.807) is 0 Å². The highest BCUT2D eigenvalue weighted by atomic mass is 32.1. The number of benzene rings is 1. The molecule has 0 amide bonds. The molecule has 2 aromatic rings. The van der Waals surface area contributed by atoms with Gasteiger partial charge in [-0.05, 0) is 44.0 Å². The molecule has 17 heavy (non-hydrogen) atoms.